The Bertz CT molecular complexity index is 840. The van der Waals surface area contributed by atoms with Gasteiger partial charge in [0.1, 0.15) is 19.0 Å². The average Bonchev–Trinajstić information content (AvgIpc) is 2.66. The van der Waals surface area contributed by atoms with Crippen molar-refractivity contribution in [3.8, 4) is 17.2 Å². The van der Waals surface area contributed by atoms with Crippen molar-refractivity contribution in [3.63, 3.8) is 0 Å². The van der Waals surface area contributed by atoms with Gasteiger partial charge in [0.2, 0.25) is 0 Å². The van der Waals surface area contributed by atoms with Crippen LogP contribution in [0, 0.1) is 6.92 Å². The van der Waals surface area contributed by atoms with E-state index in [1.807, 2.05) is 6.92 Å². The van der Waals surface area contributed by atoms with Crippen LogP contribution >= 0.6 is 11.6 Å². The summed E-state index contributed by atoms with van der Waals surface area (Å²) in [7, 11) is 0. The minimum absolute atomic E-state index is 0.248. The first kappa shape index (κ1) is 17.9. The SMILES string of the molecule is Cc1cc(OCC(=O)NNC(=O)c2ccc3c(c2)OCCO3)ccc1Cl. The van der Waals surface area contributed by atoms with Gasteiger partial charge in [-0.2, -0.15) is 0 Å². The smallest absolute Gasteiger partial charge is 0.276 e. The van der Waals surface area contributed by atoms with Crippen molar-refractivity contribution >= 4 is 23.4 Å². The van der Waals surface area contributed by atoms with E-state index >= 15 is 0 Å². The van der Waals surface area contributed by atoms with E-state index in [0.29, 0.717) is 41.0 Å². The van der Waals surface area contributed by atoms with Crippen LogP contribution in [0.4, 0.5) is 0 Å². The Morgan fingerprint density at radius 1 is 1.08 bits per heavy atom. The maximum Gasteiger partial charge on any atom is 0.276 e. The average molecular weight is 377 g/mol. The quantitative estimate of drug-likeness (QED) is 0.799. The van der Waals surface area contributed by atoms with Crippen molar-refractivity contribution in [1.29, 1.82) is 0 Å². The van der Waals surface area contributed by atoms with Gasteiger partial charge in [0.05, 0.1) is 0 Å². The number of halogens is 1. The molecule has 1 aliphatic heterocycles. The molecule has 2 aromatic carbocycles. The van der Waals surface area contributed by atoms with Crippen LogP contribution in [0.2, 0.25) is 5.02 Å². The van der Waals surface area contributed by atoms with Crippen LogP contribution in [-0.2, 0) is 4.79 Å². The number of nitrogens with one attached hydrogen (secondary N) is 2. The number of aryl methyl sites for hydroxylation is 1. The molecule has 0 atom stereocenters. The van der Waals surface area contributed by atoms with E-state index in [-0.39, 0.29) is 6.61 Å². The number of hydrazine groups is 1. The van der Waals surface area contributed by atoms with E-state index in [2.05, 4.69) is 10.9 Å². The molecule has 2 amide bonds. The number of ether oxygens (including phenoxy) is 3. The number of rotatable bonds is 4. The molecule has 0 radical (unpaired) electrons. The Morgan fingerprint density at radius 3 is 2.62 bits per heavy atom. The molecule has 0 unspecified atom stereocenters. The third-order valence-electron chi connectivity index (χ3n) is 3.62. The van der Waals surface area contributed by atoms with Gasteiger partial charge in [0.15, 0.2) is 18.1 Å². The highest BCUT2D eigenvalue weighted by Gasteiger charge is 2.15. The van der Waals surface area contributed by atoms with Crippen LogP contribution in [-0.4, -0.2) is 31.6 Å². The van der Waals surface area contributed by atoms with Crippen molar-refractivity contribution in [3.05, 3.63) is 52.5 Å². The molecular weight excluding hydrogens is 360 g/mol. The van der Waals surface area contributed by atoms with Gasteiger partial charge in [-0.1, -0.05) is 11.6 Å². The Balaban J connectivity index is 1.49. The topological polar surface area (TPSA) is 85.9 Å². The second-order valence-electron chi connectivity index (χ2n) is 5.56. The first-order valence-electron chi connectivity index (χ1n) is 7.91. The summed E-state index contributed by atoms with van der Waals surface area (Å²) in [5, 5.41) is 0.619. The lowest BCUT2D eigenvalue weighted by molar-refractivity contribution is -0.123. The second kappa shape index (κ2) is 7.97. The van der Waals surface area contributed by atoms with E-state index in [1.165, 1.54) is 0 Å². The number of hydrogen-bond donors (Lipinski definition) is 2. The normalized spacial score (nSPS) is 12.2. The zero-order valence-corrected chi connectivity index (χ0v) is 14.8. The molecule has 1 aliphatic rings. The lowest BCUT2D eigenvalue weighted by Gasteiger charge is -2.18. The van der Waals surface area contributed by atoms with Crippen LogP contribution in [0.1, 0.15) is 15.9 Å². The second-order valence-corrected chi connectivity index (χ2v) is 5.97. The van der Waals surface area contributed by atoms with E-state index in [0.717, 1.165) is 5.56 Å². The van der Waals surface area contributed by atoms with Crippen LogP contribution in [0.3, 0.4) is 0 Å². The van der Waals surface area contributed by atoms with E-state index in [9.17, 15) is 9.59 Å². The number of amides is 2. The molecular formula is C18H17ClN2O5. The molecule has 0 spiro atoms. The van der Waals surface area contributed by atoms with Gasteiger partial charge < -0.3 is 14.2 Å². The maximum atomic E-state index is 12.1. The molecule has 0 aliphatic carbocycles. The minimum atomic E-state index is -0.497. The molecule has 7 nitrogen and oxygen atoms in total. The maximum absolute atomic E-state index is 12.1. The Labute approximate surface area is 155 Å². The summed E-state index contributed by atoms with van der Waals surface area (Å²) in [4.78, 5) is 23.9. The first-order valence-corrected chi connectivity index (χ1v) is 8.28. The molecule has 1 heterocycles. The van der Waals surface area contributed by atoms with Crippen molar-refractivity contribution in [2.24, 2.45) is 0 Å². The highest BCUT2D eigenvalue weighted by molar-refractivity contribution is 6.31. The lowest BCUT2D eigenvalue weighted by atomic mass is 10.2. The number of fused-ring (bicyclic) bond motifs is 1. The summed E-state index contributed by atoms with van der Waals surface area (Å²) >= 11 is 5.93. The van der Waals surface area contributed by atoms with Gasteiger partial charge in [0.25, 0.3) is 11.8 Å². The fraction of sp³-hybridized carbons (Fsp3) is 0.222. The largest absolute Gasteiger partial charge is 0.486 e. The monoisotopic (exact) mass is 376 g/mol. The highest BCUT2D eigenvalue weighted by Crippen LogP contribution is 2.30. The number of benzene rings is 2. The van der Waals surface area contributed by atoms with Crippen LogP contribution in [0.25, 0.3) is 0 Å². The van der Waals surface area contributed by atoms with Crippen LogP contribution < -0.4 is 25.1 Å². The Kier molecular flexibility index (Phi) is 5.48. The molecule has 136 valence electrons. The fourth-order valence-corrected chi connectivity index (χ4v) is 2.39. The summed E-state index contributed by atoms with van der Waals surface area (Å²) in [6.45, 7) is 2.49. The van der Waals surface area contributed by atoms with Gasteiger partial charge in [0, 0.05) is 10.6 Å². The molecule has 0 saturated carbocycles. The predicted molar refractivity (Wildman–Crippen MR) is 94.7 cm³/mol. The molecule has 3 rings (SSSR count). The van der Waals surface area contributed by atoms with Gasteiger partial charge in [-0.15, -0.1) is 0 Å². The molecule has 26 heavy (non-hydrogen) atoms. The van der Waals surface area contributed by atoms with Gasteiger partial charge in [-0.05, 0) is 48.9 Å². The van der Waals surface area contributed by atoms with E-state index in [1.54, 1.807) is 36.4 Å². The van der Waals surface area contributed by atoms with Crippen molar-refractivity contribution in [1.82, 2.24) is 10.9 Å². The number of carbonyl (C=O) groups excluding carboxylic acids is 2. The summed E-state index contributed by atoms with van der Waals surface area (Å²) < 4.78 is 16.2. The zero-order valence-electron chi connectivity index (χ0n) is 14.0. The molecule has 0 fully saturated rings. The Morgan fingerprint density at radius 2 is 1.85 bits per heavy atom. The van der Waals surface area contributed by atoms with Gasteiger partial charge in [-0.3, -0.25) is 20.4 Å². The first-order chi connectivity index (χ1) is 12.5. The Hall–Kier alpha value is -2.93. The molecule has 0 aromatic heterocycles. The third-order valence-corrected chi connectivity index (χ3v) is 4.04. The van der Waals surface area contributed by atoms with E-state index in [4.69, 9.17) is 25.8 Å². The van der Waals surface area contributed by atoms with Crippen molar-refractivity contribution in [2.45, 2.75) is 6.92 Å². The third kappa shape index (κ3) is 4.37. The highest BCUT2D eigenvalue weighted by atomic mass is 35.5. The summed E-state index contributed by atoms with van der Waals surface area (Å²) in [6, 6.07) is 9.87. The van der Waals surface area contributed by atoms with Gasteiger partial charge >= 0.3 is 0 Å². The summed E-state index contributed by atoms with van der Waals surface area (Å²) in [5.74, 6) is 0.626. The van der Waals surface area contributed by atoms with Crippen molar-refractivity contribution < 1.29 is 23.8 Å². The molecule has 2 aromatic rings. The van der Waals surface area contributed by atoms with Gasteiger partial charge in [-0.25, -0.2) is 0 Å². The lowest BCUT2D eigenvalue weighted by Crippen LogP contribution is -2.43. The molecule has 0 saturated heterocycles. The van der Waals surface area contributed by atoms with Crippen LogP contribution in [0.15, 0.2) is 36.4 Å². The standard InChI is InChI=1S/C18H17ClN2O5/c1-11-8-13(3-4-14(11)19)26-10-17(22)20-21-18(23)12-2-5-15-16(9-12)25-7-6-24-15/h2-5,8-9H,6-7,10H2,1H3,(H,20,22)(H,21,23). The molecule has 8 heteroatoms. The van der Waals surface area contributed by atoms with Crippen molar-refractivity contribution in [2.75, 3.05) is 19.8 Å². The van der Waals surface area contributed by atoms with Crippen LogP contribution in [0.5, 0.6) is 17.2 Å². The molecule has 0 bridgehead atoms. The summed E-state index contributed by atoms with van der Waals surface area (Å²) in [5.41, 5.74) is 5.80. The summed E-state index contributed by atoms with van der Waals surface area (Å²) in [6.07, 6.45) is 0. The minimum Gasteiger partial charge on any atom is -0.486 e. The zero-order chi connectivity index (χ0) is 18.5. The fourth-order valence-electron chi connectivity index (χ4n) is 2.28. The predicted octanol–water partition coefficient (Wildman–Crippen LogP) is 2.26. The molecule has 2 N–H and O–H groups in total. The van der Waals surface area contributed by atoms with E-state index < -0.39 is 11.8 Å². The number of hydrogen-bond acceptors (Lipinski definition) is 5. The number of carbonyl (C=O) groups is 2.